The maximum absolute atomic E-state index is 10.2. The second-order valence-electron chi connectivity index (χ2n) is 7.06. The van der Waals surface area contributed by atoms with Crippen LogP contribution in [0.2, 0.25) is 0 Å². The molecule has 0 fully saturated rings. The Morgan fingerprint density at radius 3 is 2.80 bits per heavy atom. The number of hydrogen-bond acceptors (Lipinski definition) is 4. The number of guanidine groups is 1. The van der Waals surface area contributed by atoms with Gasteiger partial charge in [-0.3, -0.25) is 4.99 Å². The Hall–Kier alpha value is -3.22. The topological polar surface area (TPSA) is 83.7 Å². The standard InChI is InChI=1S/C23H31N5O2/c1-4-24-23(26-15-13-18-9-7-12-21(30-3)22(18)29)25-14-8-16-28-17(2)27-19-10-5-6-11-20(19)28/h5-7,9-12,29H,4,8,13-16H2,1-3H3,(H2,24,25,26). The summed E-state index contributed by atoms with van der Waals surface area (Å²) in [5.41, 5.74) is 3.05. The molecule has 0 aliphatic rings. The zero-order valence-corrected chi connectivity index (χ0v) is 18.0. The molecule has 7 heteroatoms. The number of aromatic hydroxyl groups is 1. The number of phenols is 1. The number of para-hydroxylation sites is 3. The van der Waals surface area contributed by atoms with Crippen molar-refractivity contribution in [2.75, 3.05) is 26.7 Å². The van der Waals surface area contributed by atoms with Gasteiger partial charge in [-0.05, 0) is 50.5 Å². The molecule has 1 aromatic heterocycles. The summed E-state index contributed by atoms with van der Waals surface area (Å²) in [5.74, 6) is 2.51. The first-order valence-electron chi connectivity index (χ1n) is 10.4. The lowest BCUT2D eigenvalue weighted by atomic mass is 10.1. The van der Waals surface area contributed by atoms with E-state index in [0.29, 0.717) is 25.3 Å². The summed E-state index contributed by atoms with van der Waals surface area (Å²) < 4.78 is 7.42. The Balaban J connectivity index is 1.52. The van der Waals surface area contributed by atoms with Gasteiger partial charge in [0.05, 0.1) is 18.1 Å². The highest BCUT2D eigenvalue weighted by atomic mass is 16.5. The number of aliphatic imine (C=N–C) groups is 1. The number of ether oxygens (including phenoxy) is 1. The normalized spacial score (nSPS) is 11.6. The van der Waals surface area contributed by atoms with Gasteiger partial charge in [-0.1, -0.05) is 24.3 Å². The second-order valence-corrected chi connectivity index (χ2v) is 7.06. The predicted octanol–water partition coefficient (Wildman–Crippen LogP) is 3.25. The van der Waals surface area contributed by atoms with Gasteiger partial charge in [-0.15, -0.1) is 0 Å². The van der Waals surface area contributed by atoms with Crippen LogP contribution in [-0.4, -0.2) is 47.4 Å². The molecule has 1 heterocycles. The van der Waals surface area contributed by atoms with E-state index in [1.54, 1.807) is 13.2 Å². The lowest BCUT2D eigenvalue weighted by Crippen LogP contribution is -2.38. The van der Waals surface area contributed by atoms with E-state index >= 15 is 0 Å². The van der Waals surface area contributed by atoms with Crippen LogP contribution in [0.15, 0.2) is 47.5 Å². The van der Waals surface area contributed by atoms with Crippen molar-refractivity contribution in [3.8, 4) is 11.5 Å². The molecule has 0 atom stereocenters. The van der Waals surface area contributed by atoms with Crippen molar-refractivity contribution < 1.29 is 9.84 Å². The molecule has 0 bridgehead atoms. The maximum atomic E-state index is 10.2. The van der Waals surface area contributed by atoms with Crippen LogP contribution in [0.4, 0.5) is 0 Å². The Kier molecular flexibility index (Phi) is 7.54. The molecule has 0 unspecified atom stereocenters. The van der Waals surface area contributed by atoms with Gasteiger partial charge in [0.25, 0.3) is 0 Å². The summed E-state index contributed by atoms with van der Waals surface area (Å²) >= 11 is 0. The van der Waals surface area contributed by atoms with Crippen molar-refractivity contribution in [2.24, 2.45) is 4.99 Å². The number of nitrogens with zero attached hydrogens (tertiary/aromatic N) is 3. The summed E-state index contributed by atoms with van der Waals surface area (Å²) in [4.78, 5) is 9.30. The lowest BCUT2D eigenvalue weighted by molar-refractivity contribution is 0.370. The van der Waals surface area contributed by atoms with Crippen molar-refractivity contribution in [3.05, 3.63) is 53.9 Å². The Labute approximate surface area is 177 Å². The van der Waals surface area contributed by atoms with Gasteiger partial charge in [-0.2, -0.15) is 0 Å². The molecule has 160 valence electrons. The third-order valence-corrected chi connectivity index (χ3v) is 4.99. The summed E-state index contributed by atoms with van der Waals surface area (Å²) in [6.07, 6.45) is 1.60. The number of hydrogen-bond donors (Lipinski definition) is 3. The number of aryl methyl sites for hydroxylation is 2. The van der Waals surface area contributed by atoms with E-state index < -0.39 is 0 Å². The SMILES string of the molecule is CCNC(=NCCCn1c(C)nc2ccccc21)NCCc1cccc(OC)c1O. The average Bonchev–Trinajstić information content (AvgIpc) is 3.07. The van der Waals surface area contributed by atoms with Crippen LogP contribution in [0.25, 0.3) is 11.0 Å². The summed E-state index contributed by atoms with van der Waals surface area (Å²) in [6, 6.07) is 13.8. The van der Waals surface area contributed by atoms with Gasteiger partial charge in [0, 0.05) is 26.2 Å². The average molecular weight is 410 g/mol. The highest BCUT2D eigenvalue weighted by molar-refractivity contribution is 5.79. The van der Waals surface area contributed by atoms with Crippen LogP contribution in [-0.2, 0) is 13.0 Å². The Morgan fingerprint density at radius 2 is 2.00 bits per heavy atom. The van der Waals surface area contributed by atoms with Crippen molar-refractivity contribution in [1.29, 1.82) is 0 Å². The van der Waals surface area contributed by atoms with Crippen LogP contribution < -0.4 is 15.4 Å². The molecule has 0 amide bonds. The number of nitrogens with one attached hydrogen (secondary N) is 2. The zero-order chi connectivity index (χ0) is 21.3. The molecular formula is C23H31N5O2. The van der Waals surface area contributed by atoms with Crippen LogP contribution in [0, 0.1) is 6.92 Å². The third kappa shape index (κ3) is 5.23. The van der Waals surface area contributed by atoms with Gasteiger partial charge < -0.3 is 25.0 Å². The number of imidazole rings is 1. The summed E-state index contributed by atoms with van der Waals surface area (Å²) in [5, 5.41) is 16.8. The molecule has 0 saturated heterocycles. The van der Waals surface area contributed by atoms with Crippen LogP contribution in [0.3, 0.4) is 0 Å². The molecule has 0 spiro atoms. The molecule has 30 heavy (non-hydrogen) atoms. The molecule has 2 aromatic carbocycles. The van der Waals surface area contributed by atoms with Crippen molar-refractivity contribution in [3.63, 3.8) is 0 Å². The third-order valence-electron chi connectivity index (χ3n) is 4.99. The predicted molar refractivity (Wildman–Crippen MR) is 121 cm³/mol. The van der Waals surface area contributed by atoms with Crippen molar-refractivity contribution >= 4 is 17.0 Å². The number of phenolic OH excluding ortho intramolecular Hbond substituents is 1. The molecule has 3 N–H and O–H groups in total. The minimum atomic E-state index is 0.201. The van der Waals surface area contributed by atoms with E-state index in [1.807, 2.05) is 44.2 Å². The molecular weight excluding hydrogens is 378 g/mol. The van der Waals surface area contributed by atoms with E-state index in [0.717, 1.165) is 42.4 Å². The number of fused-ring (bicyclic) bond motifs is 1. The van der Waals surface area contributed by atoms with Crippen LogP contribution in [0.1, 0.15) is 24.7 Å². The number of aromatic nitrogens is 2. The molecule has 0 aliphatic carbocycles. The second kappa shape index (κ2) is 10.5. The largest absolute Gasteiger partial charge is 0.504 e. The van der Waals surface area contributed by atoms with Crippen LogP contribution >= 0.6 is 0 Å². The van der Waals surface area contributed by atoms with E-state index in [1.165, 1.54) is 5.52 Å². The molecule has 7 nitrogen and oxygen atoms in total. The number of benzene rings is 2. The minimum Gasteiger partial charge on any atom is -0.504 e. The van der Waals surface area contributed by atoms with E-state index in [9.17, 15) is 5.11 Å². The quantitative estimate of drug-likeness (QED) is 0.287. The van der Waals surface area contributed by atoms with Gasteiger partial charge in [0.2, 0.25) is 0 Å². The highest BCUT2D eigenvalue weighted by Crippen LogP contribution is 2.29. The Morgan fingerprint density at radius 1 is 1.17 bits per heavy atom. The highest BCUT2D eigenvalue weighted by Gasteiger charge is 2.08. The molecule has 3 aromatic rings. The van der Waals surface area contributed by atoms with E-state index in [2.05, 4.69) is 31.2 Å². The summed E-state index contributed by atoms with van der Waals surface area (Å²) in [7, 11) is 1.56. The van der Waals surface area contributed by atoms with Gasteiger partial charge in [0.1, 0.15) is 5.82 Å². The summed E-state index contributed by atoms with van der Waals surface area (Å²) in [6.45, 7) is 7.15. The minimum absolute atomic E-state index is 0.201. The van der Waals surface area contributed by atoms with Crippen molar-refractivity contribution in [1.82, 2.24) is 20.2 Å². The smallest absolute Gasteiger partial charge is 0.191 e. The van der Waals surface area contributed by atoms with E-state index in [-0.39, 0.29) is 5.75 Å². The fourth-order valence-corrected chi connectivity index (χ4v) is 3.49. The van der Waals surface area contributed by atoms with Crippen LogP contribution in [0.5, 0.6) is 11.5 Å². The van der Waals surface area contributed by atoms with Crippen molar-refractivity contribution in [2.45, 2.75) is 33.2 Å². The first-order valence-corrected chi connectivity index (χ1v) is 10.4. The fourth-order valence-electron chi connectivity index (χ4n) is 3.49. The number of rotatable bonds is 9. The first-order chi connectivity index (χ1) is 14.6. The number of methoxy groups -OCH3 is 1. The van der Waals surface area contributed by atoms with Gasteiger partial charge in [-0.25, -0.2) is 4.98 Å². The van der Waals surface area contributed by atoms with Gasteiger partial charge >= 0.3 is 0 Å². The van der Waals surface area contributed by atoms with E-state index in [4.69, 9.17) is 4.74 Å². The Bertz CT molecular complexity index is 996. The molecule has 3 rings (SSSR count). The van der Waals surface area contributed by atoms with Gasteiger partial charge in [0.15, 0.2) is 17.5 Å². The molecule has 0 radical (unpaired) electrons. The fraction of sp³-hybridized carbons (Fsp3) is 0.391. The molecule has 0 aliphatic heterocycles. The first kappa shape index (κ1) is 21.5. The zero-order valence-electron chi connectivity index (χ0n) is 18.0. The lowest BCUT2D eigenvalue weighted by Gasteiger charge is -2.13. The maximum Gasteiger partial charge on any atom is 0.191 e. The molecule has 0 saturated carbocycles. The monoisotopic (exact) mass is 409 g/mol.